The van der Waals surface area contributed by atoms with E-state index >= 15 is 0 Å². The summed E-state index contributed by atoms with van der Waals surface area (Å²) in [5.41, 5.74) is 0. The molecule has 2 fully saturated rings. The van der Waals surface area contributed by atoms with E-state index in [9.17, 15) is 18.4 Å². The summed E-state index contributed by atoms with van der Waals surface area (Å²) >= 11 is 0. The van der Waals surface area contributed by atoms with E-state index in [0.717, 1.165) is 0 Å². The third-order valence-corrected chi connectivity index (χ3v) is 3.17. The van der Waals surface area contributed by atoms with Crippen LogP contribution in [0, 0.1) is 0 Å². The maximum Gasteiger partial charge on any atom is 0.262 e. The molecule has 2 N–H and O–H groups in total. The van der Waals surface area contributed by atoms with Crippen molar-refractivity contribution in [1.29, 1.82) is 0 Å². The molecule has 96 valence electrons. The Bertz CT molecular complexity index is 348. The van der Waals surface area contributed by atoms with Gasteiger partial charge in [-0.1, -0.05) is 0 Å². The Balaban J connectivity index is 1.88. The van der Waals surface area contributed by atoms with E-state index < -0.39 is 36.9 Å². The predicted molar refractivity (Wildman–Crippen MR) is 55.5 cm³/mol. The fourth-order valence-electron chi connectivity index (χ4n) is 2.13. The van der Waals surface area contributed by atoms with E-state index in [0.29, 0.717) is 13.0 Å². The Morgan fingerprint density at radius 1 is 1.59 bits per heavy atom. The zero-order valence-electron chi connectivity index (χ0n) is 9.50. The Hall–Kier alpha value is -1.24. The number of alkyl halides is 2. The Kier molecular flexibility index (Phi) is 3.03. The zero-order valence-corrected chi connectivity index (χ0v) is 9.50. The van der Waals surface area contributed by atoms with Crippen LogP contribution in [0.2, 0.25) is 0 Å². The monoisotopic (exact) mass is 247 g/mol. The summed E-state index contributed by atoms with van der Waals surface area (Å²) in [6.07, 6.45) is 0.0275. The number of carbonyl (C=O) groups is 2. The molecule has 0 aromatic rings. The van der Waals surface area contributed by atoms with Gasteiger partial charge in [-0.15, -0.1) is 0 Å². The lowest BCUT2D eigenvalue weighted by molar-refractivity contribution is -0.132. The summed E-state index contributed by atoms with van der Waals surface area (Å²) in [5.74, 6) is -3.52. The second-order valence-corrected chi connectivity index (χ2v) is 4.60. The third kappa shape index (κ3) is 2.54. The minimum absolute atomic E-state index is 0.164. The van der Waals surface area contributed by atoms with Crippen LogP contribution in [0.5, 0.6) is 0 Å². The molecule has 2 saturated heterocycles. The van der Waals surface area contributed by atoms with Gasteiger partial charge in [0.2, 0.25) is 11.8 Å². The molecule has 2 aliphatic rings. The van der Waals surface area contributed by atoms with Gasteiger partial charge in [-0.3, -0.25) is 14.9 Å². The van der Waals surface area contributed by atoms with Gasteiger partial charge < -0.3 is 10.2 Å². The van der Waals surface area contributed by atoms with Gasteiger partial charge >= 0.3 is 0 Å². The second kappa shape index (κ2) is 4.21. The lowest BCUT2D eigenvalue weighted by Gasteiger charge is -2.15. The summed E-state index contributed by atoms with van der Waals surface area (Å²) < 4.78 is 25.8. The molecule has 2 amide bonds. The smallest absolute Gasteiger partial charge is 0.262 e. The number of nitrogens with zero attached hydrogens (tertiary/aromatic N) is 1. The molecular formula is C10H15F2N3O2. The van der Waals surface area contributed by atoms with Crippen molar-refractivity contribution in [2.75, 3.05) is 20.1 Å². The van der Waals surface area contributed by atoms with Crippen LogP contribution < -0.4 is 10.6 Å². The molecule has 5 nitrogen and oxygen atoms in total. The molecule has 2 atom stereocenters. The zero-order chi connectivity index (χ0) is 12.6. The number of likely N-dealkylation sites (N-methyl/N-ethyl adjacent to an activating group) is 1. The number of likely N-dealkylation sites (tertiary alicyclic amines) is 1. The fraction of sp³-hybridized carbons (Fsp3) is 0.800. The lowest BCUT2D eigenvalue weighted by Crippen LogP contribution is -2.47. The van der Waals surface area contributed by atoms with Crippen LogP contribution in [-0.2, 0) is 9.59 Å². The number of hydrogen-bond acceptors (Lipinski definition) is 3. The van der Waals surface area contributed by atoms with Crippen LogP contribution in [0.25, 0.3) is 0 Å². The molecule has 0 bridgehead atoms. The third-order valence-electron chi connectivity index (χ3n) is 3.17. The molecule has 0 aliphatic carbocycles. The molecule has 0 spiro atoms. The van der Waals surface area contributed by atoms with E-state index in [1.165, 1.54) is 4.90 Å². The number of nitrogens with one attached hydrogen (secondary N) is 2. The first-order valence-corrected chi connectivity index (χ1v) is 5.56. The molecule has 2 rings (SSSR count). The standard InChI is InChI=1S/C10H15F2N3O2/c1-15-3-2-6(9(15)17)14-8(16)7-4-10(11,12)5-13-7/h6-7,13H,2-5H2,1H3,(H,14,16). The molecule has 7 heteroatoms. The molecule has 2 aliphatic heterocycles. The van der Waals surface area contributed by atoms with Crippen LogP contribution in [0.15, 0.2) is 0 Å². The Morgan fingerprint density at radius 3 is 2.76 bits per heavy atom. The summed E-state index contributed by atoms with van der Waals surface area (Å²) in [7, 11) is 1.65. The first-order chi connectivity index (χ1) is 7.89. The van der Waals surface area contributed by atoms with Crippen molar-refractivity contribution < 1.29 is 18.4 Å². The average molecular weight is 247 g/mol. The van der Waals surface area contributed by atoms with Crippen molar-refractivity contribution >= 4 is 11.8 Å². The van der Waals surface area contributed by atoms with E-state index in [-0.39, 0.29) is 5.91 Å². The maximum atomic E-state index is 12.9. The highest BCUT2D eigenvalue weighted by Crippen LogP contribution is 2.25. The van der Waals surface area contributed by atoms with Crippen molar-refractivity contribution in [3.8, 4) is 0 Å². The van der Waals surface area contributed by atoms with Crippen molar-refractivity contribution in [2.24, 2.45) is 0 Å². The van der Waals surface area contributed by atoms with Crippen LogP contribution in [0.1, 0.15) is 12.8 Å². The summed E-state index contributed by atoms with van der Waals surface area (Å²) in [4.78, 5) is 24.7. The average Bonchev–Trinajstić information content (AvgIpc) is 2.75. The topological polar surface area (TPSA) is 61.4 Å². The molecule has 0 radical (unpaired) electrons. The van der Waals surface area contributed by atoms with Crippen molar-refractivity contribution in [3.05, 3.63) is 0 Å². The van der Waals surface area contributed by atoms with Gasteiger partial charge in [-0.25, -0.2) is 8.78 Å². The van der Waals surface area contributed by atoms with E-state index in [4.69, 9.17) is 0 Å². The van der Waals surface area contributed by atoms with Crippen molar-refractivity contribution in [1.82, 2.24) is 15.5 Å². The minimum atomic E-state index is -2.83. The van der Waals surface area contributed by atoms with Crippen molar-refractivity contribution in [2.45, 2.75) is 30.8 Å². The summed E-state index contributed by atoms with van der Waals surface area (Å²) in [6.45, 7) is 0.0988. The molecular weight excluding hydrogens is 232 g/mol. The summed E-state index contributed by atoms with van der Waals surface area (Å²) in [5, 5.41) is 4.97. The van der Waals surface area contributed by atoms with Crippen LogP contribution in [0.4, 0.5) is 8.78 Å². The molecule has 0 saturated carbocycles. The predicted octanol–water partition coefficient (Wildman–Crippen LogP) is -0.669. The molecule has 0 aromatic carbocycles. The van der Waals surface area contributed by atoms with Crippen LogP contribution in [-0.4, -0.2) is 54.9 Å². The van der Waals surface area contributed by atoms with Crippen LogP contribution in [0.3, 0.4) is 0 Å². The molecule has 17 heavy (non-hydrogen) atoms. The van der Waals surface area contributed by atoms with E-state index in [1.54, 1.807) is 7.05 Å². The highest BCUT2D eigenvalue weighted by molar-refractivity contribution is 5.91. The first kappa shape index (κ1) is 12.2. The number of hydrogen-bond donors (Lipinski definition) is 2. The lowest BCUT2D eigenvalue weighted by atomic mass is 10.1. The minimum Gasteiger partial charge on any atom is -0.344 e. The van der Waals surface area contributed by atoms with Gasteiger partial charge in [-0.2, -0.15) is 0 Å². The Morgan fingerprint density at radius 2 is 2.29 bits per heavy atom. The fourth-order valence-corrected chi connectivity index (χ4v) is 2.13. The first-order valence-electron chi connectivity index (χ1n) is 5.56. The normalized spacial score (nSPS) is 31.9. The van der Waals surface area contributed by atoms with Gasteiger partial charge in [0.05, 0.1) is 12.6 Å². The largest absolute Gasteiger partial charge is 0.344 e. The van der Waals surface area contributed by atoms with Crippen LogP contribution >= 0.6 is 0 Å². The Labute approximate surface area is 97.5 Å². The van der Waals surface area contributed by atoms with Gasteiger partial charge in [0.15, 0.2) is 0 Å². The van der Waals surface area contributed by atoms with Gasteiger partial charge in [0.1, 0.15) is 6.04 Å². The molecule has 2 heterocycles. The highest BCUT2D eigenvalue weighted by Gasteiger charge is 2.43. The van der Waals surface area contributed by atoms with E-state index in [2.05, 4.69) is 10.6 Å². The van der Waals surface area contributed by atoms with Gasteiger partial charge in [0, 0.05) is 20.0 Å². The second-order valence-electron chi connectivity index (χ2n) is 4.60. The SMILES string of the molecule is CN1CCC(NC(=O)C2CC(F)(F)CN2)C1=O. The number of amides is 2. The number of rotatable bonds is 2. The van der Waals surface area contributed by atoms with E-state index in [1.807, 2.05) is 0 Å². The molecule has 0 aromatic heterocycles. The van der Waals surface area contributed by atoms with Crippen molar-refractivity contribution in [3.63, 3.8) is 0 Å². The summed E-state index contributed by atoms with van der Waals surface area (Å²) in [6, 6.07) is -1.47. The quantitative estimate of drug-likeness (QED) is 0.680. The maximum absolute atomic E-state index is 12.9. The highest BCUT2D eigenvalue weighted by atomic mass is 19.3. The molecule has 2 unspecified atom stereocenters. The van der Waals surface area contributed by atoms with Gasteiger partial charge in [-0.05, 0) is 6.42 Å². The number of carbonyl (C=O) groups excluding carboxylic acids is 2. The number of halogens is 2. The van der Waals surface area contributed by atoms with Gasteiger partial charge in [0.25, 0.3) is 5.92 Å².